The second kappa shape index (κ2) is 18.3. The van der Waals surface area contributed by atoms with Crippen molar-refractivity contribution in [1.29, 1.82) is 0 Å². The Morgan fingerprint density at radius 1 is 0.692 bits per heavy atom. The summed E-state index contributed by atoms with van der Waals surface area (Å²) in [5.74, 6) is -0.520. The average molecular weight is 542 g/mol. The zero-order valence-corrected chi connectivity index (χ0v) is 24.4. The van der Waals surface area contributed by atoms with Gasteiger partial charge in [-0.2, -0.15) is 0 Å². The smallest absolute Gasteiger partial charge is 0.335 e. The number of oxime groups is 1. The molecule has 1 aromatic rings. The van der Waals surface area contributed by atoms with Gasteiger partial charge in [-0.25, -0.2) is 4.79 Å². The van der Waals surface area contributed by atoms with Crippen molar-refractivity contribution in [2.75, 3.05) is 14.2 Å². The van der Waals surface area contributed by atoms with Gasteiger partial charge in [-0.1, -0.05) is 96.1 Å². The van der Waals surface area contributed by atoms with Gasteiger partial charge in [0.2, 0.25) is 0 Å². The third-order valence-electron chi connectivity index (χ3n) is 7.12. The molecule has 0 amide bonds. The zero-order valence-electron chi connectivity index (χ0n) is 24.4. The Kier molecular flexibility index (Phi) is 15.2. The van der Waals surface area contributed by atoms with E-state index in [-0.39, 0.29) is 40.2 Å². The summed E-state index contributed by atoms with van der Waals surface area (Å²) in [5, 5.41) is 4.27. The van der Waals surface area contributed by atoms with Crippen LogP contribution in [0, 0.1) is 0 Å². The van der Waals surface area contributed by atoms with Gasteiger partial charge < -0.3 is 14.3 Å². The van der Waals surface area contributed by atoms with Crippen LogP contribution < -0.4 is 9.47 Å². The SMILES string of the molecule is CCCCCCCCCC(=O)ON=C(CCCCCCCCC)c1cc(OC)c2c(c1OC)C(=O)C=CC2=O. The number of nitrogens with zero attached hydrogens (tertiary/aromatic N) is 1. The van der Waals surface area contributed by atoms with E-state index in [2.05, 4.69) is 19.0 Å². The van der Waals surface area contributed by atoms with Crippen LogP contribution in [0.3, 0.4) is 0 Å². The molecule has 0 heterocycles. The molecule has 0 radical (unpaired) electrons. The first kappa shape index (κ1) is 32.3. The van der Waals surface area contributed by atoms with Gasteiger partial charge in [0, 0.05) is 12.0 Å². The number of fused-ring (bicyclic) bond motifs is 1. The molecule has 0 saturated carbocycles. The van der Waals surface area contributed by atoms with Crippen molar-refractivity contribution in [2.24, 2.45) is 5.16 Å². The number of ketones is 2. The first-order chi connectivity index (χ1) is 19.0. The second-order valence-corrected chi connectivity index (χ2v) is 10.2. The predicted octanol–water partition coefficient (Wildman–Crippen LogP) is 8.17. The van der Waals surface area contributed by atoms with E-state index in [0.29, 0.717) is 24.1 Å². The first-order valence-electron chi connectivity index (χ1n) is 14.8. The lowest BCUT2D eigenvalue weighted by molar-refractivity contribution is -0.143. The summed E-state index contributed by atoms with van der Waals surface area (Å²) in [6, 6.07) is 1.66. The number of benzene rings is 1. The summed E-state index contributed by atoms with van der Waals surface area (Å²) in [6.07, 6.45) is 19.0. The van der Waals surface area contributed by atoms with E-state index < -0.39 is 0 Å². The number of unbranched alkanes of at least 4 members (excludes halogenated alkanes) is 12. The Labute approximate surface area is 234 Å². The van der Waals surface area contributed by atoms with Gasteiger partial charge in [-0.05, 0) is 37.5 Å². The lowest BCUT2D eigenvalue weighted by Crippen LogP contribution is -2.18. The Hall–Kier alpha value is -2.96. The summed E-state index contributed by atoms with van der Waals surface area (Å²) in [6.45, 7) is 4.40. The molecule has 39 heavy (non-hydrogen) atoms. The highest BCUT2D eigenvalue weighted by Gasteiger charge is 2.31. The molecule has 0 unspecified atom stereocenters. The zero-order chi connectivity index (χ0) is 28.5. The Morgan fingerprint density at radius 2 is 1.21 bits per heavy atom. The number of rotatable bonds is 20. The summed E-state index contributed by atoms with van der Waals surface area (Å²) in [5.41, 5.74) is 1.33. The van der Waals surface area contributed by atoms with E-state index >= 15 is 0 Å². The number of hydrogen-bond donors (Lipinski definition) is 0. The van der Waals surface area contributed by atoms with Crippen LogP contribution in [0.2, 0.25) is 0 Å². The number of hydrogen-bond acceptors (Lipinski definition) is 7. The Balaban J connectivity index is 2.21. The summed E-state index contributed by atoms with van der Waals surface area (Å²) in [4.78, 5) is 43.3. The van der Waals surface area contributed by atoms with Gasteiger partial charge in [0.25, 0.3) is 0 Å². The van der Waals surface area contributed by atoms with E-state index in [9.17, 15) is 14.4 Å². The molecule has 2 rings (SSSR count). The van der Waals surface area contributed by atoms with Crippen molar-refractivity contribution in [3.63, 3.8) is 0 Å². The number of allylic oxidation sites excluding steroid dienone is 2. The molecule has 216 valence electrons. The van der Waals surface area contributed by atoms with Crippen LogP contribution in [0.25, 0.3) is 0 Å². The van der Waals surface area contributed by atoms with Crippen molar-refractivity contribution < 1.29 is 28.7 Å². The molecule has 0 spiro atoms. The van der Waals surface area contributed by atoms with E-state index in [4.69, 9.17) is 14.3 Å². The first-order valence-corrected chi connectivity index (χ1v) is 14.8. The van der Waals surface area contributed by atoms with Crippen LogP contribution in [0.1, 0.15) is 143 Å². The van der Waals surface area contributed by atoms with E-state index in [1.54, 1.807) is 6.07 Å². The molecule has 0 atom stereocenters. The predicted molar refractivity (Wildman–Crippen MR) is 155 cm³/mol. The van der Waals surface area contributed by atoms with Crippen molar-refractivity contribution >= 4 is 23.2 Å². The van der Waals surface area contributed by atoms with Crippen LogP contribution in [-0.2, 0) is 9.63 Å². The van der Waals surface area contributed by atoms with Crippen LogP contribution >= 0.6 is 0 Å². The van der Waals surface area contributed by atoms with Crippen molar-refractivity contribution in [2.45, 2.75) is 117 Å². The molecular weight excluding hydrogens is 494 g/mol. The summed E-state index contributed by atoms with van der Waals surface area (Å²) < 4.78 is 11.2. The summed E-state index contributed by atoms with van der Waals surface area (Å²) in [7, 11) is 2.91. The van der Waals surface area contributed by atoms with Gasteiger partial charge in [0.05, 0.1) is 31.1 Å². The molecule has 0 bridgehead atoms. The molecule has 7 nitrogen and oxygen atoms in total. The number of carbonyl (C=O) groups is 3. The fourth-order valence-corrected chi connectivity index (χ4v) is 4.88. The maximum atomic E-state index is 12.8. The van der Waals surface area contributed by atoms with Gasteiger partial charge in [-0.3, -0.25) is 9.59 Å². The monoisotopic (exact) mass is 541 g/mol. The van der Waals surface area contributed by atoms with E-state index in [0.717, 1.165) is 38.5 Å². The van der Waals surface area contributed by atoms with Crippen molar-refractivity contribution in [1.82, 2.24) is 0 Å². The molecule has 0 fully saturated rings. The van der Waals surface area contributed by atoms with Gasteiger partial charge in [0.1, 0.15) is 11.5 Å². The Bertz CT molecular complexity index is 1010. The molecule has 7 heteroatoms. The molecular formula is C32H47NO6. The fourth-order valence-electron chi connectivity index (χ4n) is 4.88. The lowest BCUT2D eigenvalue weighted by atomic mass is 9.88. The number of carbonyl (C=O) groups excluding carboxylic acids is 3. The van der Waals surface area contributed by atoms with Gasteiger partial charge >= 0.3 is 5.97 Å². The van der Waals surface area contributed by atoms with Gasteiger partial charge in [0.15, 0.2) is 11.6 Å². The van der Waals surface area contributed by atoms with Crippen LogP contribution in [0.15, 0.2) is 23.4 Å². The standard InChI is InChI=1S/C32H47NO6/c1-5-7-9-11-13-15-17-19-25(33-39-29(36)20-18-16-14-12-10-8-6-2)24-23-28(37-3)30-26(34)21-22-27(35)31(30)32(24)38-4/h21-23H,5-20H2,1-4H3. The minimum Gasteiger partial charge on any atom is -0.496 e. The quantitative estimate of drug-likeness (QED) is 0.0715. The third kappa shape index (κ3) is 10.3. The molecule has 0 aromatic heterocycles. The van der Waals surface area contributed by atoms with Crippen LogP contribution in [0.5, 0.6) is 11.5 Å². The second-order valence-electron chi connectivity index (χ2n) is 10.2. The minimum atomic E-state index is -0.376. The van der Waals surface area contributed by atoms with Crippen molar-refractivity contribution in [3.8, 4) is 11.5 Å². The molecule has 1 aliphatic rings. The number of ether oxygens (including phenoxy) is 2. The highest BCUT2D eigenvalue weighted by Crippen LogP contribution is 2.38. The molecule has 0 saturated heterocycles. The van der Waals surface area contributed by atoms with E-state index in [1.165, 1.54) is 77.7 Å². The highest BCUT2D eigenvalue weighted by atomic mass is 16.7. The maximum Gasteiger partial charge on any atom is 0.335 e. The molecule has 0 aliphatic heterocycles. The van der Waals surface area contributed by atoms with Crippen LogP contribution in [-0.4, -0.2) is 37.5 Å². The van der Waals surface area contributed by atoms with Gasteiger partial charge in [-0.15, -0.1) is 0 Å². The largest absolute Gasteiger partial charge is 0.496 e. The lowest BCUT2D eigenvalue weighted by Gasteiger charge is -2.20. The minimum absolute atomic E-state index is 0.154. The normalized spacial score (nSPS) is 13.0. The molecule has 1 aliphatic carbocycles. The number of methoxy groups -OCH3 is 2. The maximum absolute atomic E-state index is 12.8. The topological polar surface area (TPSA) is 91.3 Å². The van der Waals surface area contributed by atoms with E-state index in [1.807, 2.05) is 0 Å². The summed E-state index contributed by atoms with van der Waals surface area (Å²) >= 11 is 0. The Morgan fingerprint density at radius 3 is 1.74 bits per heavy atom. The third-order valence-corrected chi connectivity index (χ3v) is 7.12. The molecule has 1 aromatic carbocycles. The average Bonchev–Trinajstić information content (AvgIpc) is 2.94. The van der Waals surface area contributed by atoms with Crippen LogP contribution in [0.4, 0.5) is 0 Å². The van der Waals surface area contributed by atoms with Crippen molar-refractivity contribution in [3.05, 3.63) is 34.9 Å². The fraction of sp³-hybridized carbons (Fsp3) is 0.625. The highest BCUT2D eigenvalue weighted by molar-refractivity contribution is 6.25. The molecule has 0 N–H and O–H groups in total.